The second-order valence-corrected chi connectivity index (χ2v) is 6.73. The fourth-order valence-electron chi connectivity index (χ4n) is 3.14. The van der Waals surface area contributed by atoms with Gasteiger partial charge in [-0.3, -0.25) is 4.79 Å². The Balaban J connectivity index is 1.74. The molecule has 0 aromatic heterocycles. The molecule has 0 saturated heterocycles. The normalized spacial score (nSPS) is 16.0. The van der Waals surface area contributed by atoms with Crippen molar-refractivity contribution in [3.63, 3.8) is 0 Å². The van der Waals surface area contributed by atoms with E-state index in [0.29, 0.717) is 23.1 Å². The SMILES string of the molecule is COc1cc(CN[C@@H]2CCCOc3ccccc32)cc(Cl)c1OCC(N)=O. The summed E-state index contributed by atoms with van der Waals surface area (Å²) < 4.78 is 16.5. The van der Waals surface area contributed by atoms with Crippen LogP contribution in [0.2, 0.25) is 5.02 Å². The highest BCUT2D eigenvalue weighted by atomic mass is 35.5. The van der Waals surface area contributed by atoms with Gasteiger partial charge in [-0.1, -0.05) is 29.8 Å². The van der Waals surface area contributed by atoms with Crippen molar-refractivity contribution < 1.29 is 19.0 Å². The molecule has 0 aliphatic carbocycles. The summed E-state index contributed by atoms with van der Waals surface area (Å²) in [6.07, 6.45) is 1.97. The molecular formula is C20H23ClN2O4. The van der Waals surface area contributed by atoms with Crippen molar-refractivity contribution in [2.24, 2.45) is 5.73 Å². The number of fused-ring (bicyclic) bond motifs is 1. The second kappa shape index (κ2) is 8.97. The van der Waals surface area contributed by atoms with E-state index in [-0.39, 0.29) is 12.6 Å². The minimum Gasteiger partial charge on any atom is -0.493 e. The van der Waals surface area contributed by atoms with Crippen LogP contribution in [0.15, 0.2) is 36.4 Å². The van der Waals surface area contributed by atoms with Crippen molar-refractivity contribution in [3.8, 4) is 17.2 Å². The van der Waals surface area contributed by atoms with Gasteiger partial charge in [-0.05, 0) is 36.6 Å². The molecule has 1 atom stereocenters. The number of carbonyl (C=O) groups is 1. The van der Waals surface area contributed by atoms with Crippen molar-refractivity contribution in [3.05, 3.63) is 52.5 Å². The summed E-state index contributed by atoms with van der Waals surface area (Å²) >= 11 is 6.32. The highest BCUT2D eigenvalue weighted by Crippen LogP contribution is 2.37. The Morgan fingerprint density at radius 3 is 2.96 bits per heavy atom. The topological polar surface area (TPSA) is 82.8 Å². The lowest BCUT2D eigenvalue weighted by molar-refractivity contribution is -0.119. The first-order valence-electron chi connectivity index (χ1n) is 8.81. The lowest BCUT2D eigenvalue weighted by atomic mass is 10.0. The molecule has 3 rings (SSSR count). The highest BCUT2D eigenvalue weighted by Gasteiger charge is 2.19. The van der Waals surface area contributed by atoms with Gasteiger partial charge in [0.15, 0.2) is 18.1 Å². The molecule has 2 aromatic carbocycles. The molecule has 0 radical (unpaired) electrons. The fourth-order valence-corrected chi connectivity index (χ4v) is 3.42. The predicted molar refractivity (Wildman–Crippen MR) is 103 cm³/mol. The van der Waals surface area contributed by atoms with Gasteiger partial charge >= 0.3 is 0 Å². The van der Waals surface area contributed by atoms with Crippen LogP contribution in [0.3, 0.4) is 0 Å². The van der Waals surface area contributed by atoms with E-state index in [9.17, 15) is 4.79 Å². The van der Waals surface area contributed by atoms with Gasteiger partial charge in [-0.25, -0.2) is 0 Å². The molecule has 3 N–H and O–H groups in total. The smallest absolute Gasteiger partial charge is 0.255 e. The van der Waals surface area contributed by atoms with Crippen LogP contribution in [0.25, 0.3) is 0 Å². The number of halogens is 1. The van der Waals surface area contributed by atoms with E-state index in [1.165, 1.54) is 7.11 Å². The van der Waals surface area contributed by atoms with E-state index in [1.807, 2.05) is 24.3 Å². The third-order valence-electron chi connectivity index (χ3n) is 4.39. The van der Waals surface area contributed by atoms with Crippen LogP contribution in [0.1, 0.15) is 30.0 Å². The molecule has 0 unspecified atom stereocenters. The number of ether oxygens (including phenoxy) is 3. The molecule has 0 saturated carbocycles. The number of para-hydroxylation sites is 1. The fraction of sp³-hybridized carbons (Fsp3) is 0.350. The zero-order valence-corrected chi connectivity index (χ0v) is 15.9. The van der Waals surface area contributed by atoms with Crippen LogP contribution in [0.4, 0.5) is 0 Å². The van der Waals surface area contributed by atoms with Crippen molar-refractivity contribution in [2.75, 3.05) is 20.3 Å². The number of amides is 1. The van der Waals surface area contributed by atoms with Crippen molar-refractivity contribution in [1.29, 1.82) is 0 Å². The van der Waals surface area contributed by atoms with Crippen LogP contribution in [0.5, 0.6) is 17.2 Å². The van der Waals surface area contributed by atoms with Gasteiger partial charge in [-0.15, -0.1) is 0 Å². The maximum absolute atomic E-state index is 10.9. The number of hydrogen-bond acceptors (Lipinski definition) is 5. The van der Waals surface area contributed by atoms with Gasteiger partial charge in [0, 0.05) is 18.2 Å². The number of carbonyl (C=O) groups excluding carboxylic acids is 1. The van der Waals surface area contributed by atoms with E-state index in [2.05, 4.69) is 11.4 Å². The van der Waals surface area contributed by atoms with Gasteiger partial charge < -0.3 is 25.3 Å². The molecule has 7 heteroatoms. The zero-order chi connectivity index (χ0) is 19.2. The lowest BCUT2D eigenvalue weighted by Gasteiger charge is -2.19. The standard InChI is InChI=1S/C20H23ClN2O4/c1-25-18-10-13(9-15(21)20(18)27-12-19(22)24)11-23-16-6-4-8-26-17-7-3-2-5-14(16)17/h2-3,5,7,9-10,16,23H,4,6,8,11-12H2,1H3,(H2,22,24)/t16-/m1/s1. The van der Waals surface area contributed by atoms with Crippen molar-refractivity contribution in [1.82, 2.24) is 5.32 Å². The van der Waals surface area contributed by atoms with Crippen molar-refractivity contribution >= 4 is 17.5 Å². The molecule has 1 aliphatic heterocycles. The molecule has 0 fully saturated rings. The van der Waals surface area contributed by atoms with E-state index < -0.39 is 5.91 Å². The van der Waals surface area contributed by atoms with E-state index in [0.717, 1.165) is 36.3 Å². The van der Waals surface area contributed by atoms with Gasteiger partial charge in [0.2, 0.25) is 0 Å². The first kappa shape index (κ1) is 19.3. The van der Waals surface area contributed by atoms with Gasteiger partial charge in [0.25, 0.3) is 5.91 Å². The Morgan fingerprint density at radius 1 is 1.37 bits per heavy atom. The van der Waals surface area contributed by atoms with Crippen LogP contribution >= 0.6 is 11.6 Å². The minimum atomic E-state index is -0.576. The van der Waals surface area contributed by atoms with E-state index in [1.54, 1.807) is 6.07 Å². The highest BCUT2D eigenvalue weighted by molar-refractivity contribution is 6.32. The van der Waals surface area contributed by atoms with Crippen LogP contribution < -0.4 is 25.3 Å². The lowest BCUT2D eigenvalue weighted by Crippen LogP contribution is -2.21. The molecule has 0 spiro atoms. The number of rotatable bonds is 7. The maximum Gasteiger partial charge on any atom is 0.255 e. The largest absolute Gasteiger partial charge is 0.493 e. The summed E-state index contributed by atoms with van der Waals surface area (Å²) in [4.78, 5) is 10.9. The molecular weight excluding hydrogens is 368 g/mol. The quantitative estimate of drug-likeness (QED) is 0.758. The molecule has 2 aromatic rings. The minimum absolute atomic E-state index is 0.194. The Labute approximate surface area is 163 Å². The monoisotopic (exact) mass is 390 g/mol. The summed E-state index contributed by atoms with van der Waals surface area (Å²) in [6, 6.07) is 11.9. The van der Waals surface area contributed by atoms with Crippen LogP contribution in [0, 0.1) is 0 Å². The molecule has 1 aliphatic rings. The van der Waals surface area contributed by atoms with Gasteiger partial charge in [0.05, 0.1) is 18.7 Å². The summed E-state index contributed by atoms with van der Waals surface area (Å²) in [6.45, 7) is 1.07. The zero-order valence-electron chi connectivity index (χ0n) is 15.2. The molecule has 1 amide bonds. The van der Waals surface area contributed by atoms with Gasteiger partial charge in [0.1, 0.15) is 5.75 Å². The van der Waals surface area contributed by atoms with Crippen LogP contribution in [-0.2, 0) is 11.3 Å². The first-order chi connectivity index (χ1) is 13.1. The number of methoxy groups -OCH3 is 1. The Hall–Kier alpha value is -2.44. The first-order valence-corrected chi connectivity index (χ1v) is 9.19. The van der Waals surface area contributed by atoms with Gasteiger partial charge in [-0.2, -0.15) is 0 Å². The summed E-state index contributed by atoms with van der Waals surface area (Å²) in [5.74, 6) is 1.13. The van der Waals surface area contributed by atoms with Crippen LogP contribution in [-0.4, -0.2) is 26.2 Å². The summed E-state index contributed by atoms with van der Waals surface area (Å²) in [7, 11) is 1.53. The summed E-state index contributed by atoms with van der Waals surface area (Å²) in [5, 5.41) is 3.95. The Bertz CT molecular complexity index is 813. The van der Waals surface area contributed by atoms with E-state index >= 15 is 0 Å². The molecule has 27 heavy (non-hydrogen) atoms. The third-order valence-corrected chi connectivity index (χ3v) is 4.67. The Morgan fingerprint density at radius 2 is 2.19 bits per heavy atom. The second-order valence-electron chi connectivity index (χ2n) is 6.33. The molecule has 0 bridgehead atoms. The maximum atomic E-state index is 10.9. The molecule has 6 nitrogen and oxygen atoms in total. The average Bonchev–Trinajstić information content (AvgIpc) is 2.87. The predicted octanol–water partition coefficient (Wildman–Crippen LogP) is 3.22. The number of nitrogens with two attached hydrogens (primary N) is 1. The number of benzene rings is 2. The molecule has 144 valence electrons. The third kappa shape index (κ3) is 4.84. The average molecular weight is 391 g/mol. The number of nitrogens with one attached hydrogen (secondary N) is 1. The summed E-state index contributed by atoms with van der Waals surface area (Å²) in [5.41, 5.74) is 7.24. The Kier molecular flexibility index (Phi) is 6.42. The number of primary amides is 1. The van der Waals surface area contributed by atoms with Crippen molar-refractivity contribution in [2.45, 2.75) is 25.4 Å². The molecule has 1 heterocycles. The van der Waals surface area contributed by atoms with E-state index in [4.69, 9.17) is 31.5 Å². The number of hydrogen-bond donors (Lipinski definition) is 2.